The third kappa shape index (κ3) is 3.48. The van der Waals surface area contributed by atoms with Crippen LogP contribution in [-0.4, -0.2) is 28.4 Å². The SMILES string of the molecule is COc1ccc(-c2nnc(-c3cccs3)nc2OC(C)C)cc1. The minimum Gasteiger partial charge on any atom is -0.497 e. The quantitative estimate of drug-likeness (QED) is 0.707. The highest BCUT2D eigenvalue weighted by Crippen LogP contribution is 2.30. The Labute approximate surface area is 139 Å². The van der Waals surface area contributed by atoms with Gasteiger partial charge < -0.3 is 9.47 Å². The summed E-state index contributed by atoms with van der Waals surface area (Å²) in [7, 11) is 1.64. The molecule has 0 aliphatic heterocycles. The Morgan fingerprint density at radius 3 is 2.43 bits per heavy atom. The predicted octanol–water partition coefficient (Wildman–Crippen LogP) is 4.06. The van der Waals surface area contributed by atoms with Gasteiger partial charge >= 0.3 is 0 Å². The molecule has 0 saturated carbocycles. The summed E-state index contributed by atoms with van der Waals surface area (Å²) in [5.74, 6) is 1.85. The monoisotopic (exact) mass is 327 g/mol. The van der Waals surface area contributed by atoms with Gasteiger partial charge in [0.25, 0.3) is 0 Å². The molecule has 0 unspecified atom stereocenters. The van der Waals surface area contributed by atoms with Crippen molar-refractivity contribution in [1.82, 2.24) is 15.2 Å². The first-order valence-electron chi connectivity index (χ1n) is 7.27. The van der Waals surface area contributed by atoms with E-state index in [1.165, 1.54) is 0 Å². The van der Waals surface area contributed by atoms with Crippen LogP contribution in [0.2, 0.25) is 0 Å². The number of nitrogens with zero attached hydrogens (tertiary/aromatic N) is 3. The van der Waals surface area contributed by atoms with Crippen LogP contribution in [0.25, 0.3) is 22.0 Å². The van der Waals surface area contributed by atoms with Gasteiger partial charge in [-0.25, -0.2) is 0 Å². The number of ether oxygens (including phenoxy) is 2. The molecule has 3 aromatic rings. The Balaban J connectivity index is 2.04. The van der Waals surface area contributed by atoms with Crippen molar-refractivity contribution in [3.8, 4) is 33.6 Å². The zero-order chi connectivity index (χ0) is 16.2. The molecule has 0 saturated heterocycles. The fraction of sp³-hybridized carbons (Fsp3) is 0.235. The van der Waals surface area contributed by atoms with Gasteiger partial charge in [0, 0.05) is 5.56 Å². The van der Waals surface area contributed by atoms with Gasteiger partial charge in [-0.3, -0.25) is 0 Å². The van der Waals surface area contributed by atoms with Gasteiger partial charge in [-0.2, -0.15) is 4.98 Å². The van der Waals surface area contributed by atoms with E-state index in [0.29, 0.717) is 17.4 Å². The second-order valence-corrected chi connectivity index (χ2v) is 6.11. The van der Waals surface area contributed by atoms with Crippen molar-refractivity contribution in [3.05, 3.63) is 41.8 Å². The van der Waals surface area contributed by atoms with Crippen LogP contribution in [0, 0.1) is 0 Å². The average molecular weight is 327 g/mol. The van der Waals surface area contributed by atoms with Crippen molar-refractivity contribution in [1.29, 1.82) is 0 Å². The van der Waals surface area contributed by atoms with Crippen LogP contribution in [0.5, 0.6) is 11.6 Å². The van der Waals surface area contributed by atoms with Gasteiger partial charge in [0.2, 0.25) is 5.88 Å². The zero-order valence-electron chi connectivity index (χ0n) is 13.2. The standard InChI is InChI=1S/C17H17N3O2S/c1-11(2)22-17-15(12-6-8-13(21-3)9-7-12)19-20-16(18-17)14-5-4-10-23-14/h4-11H,1-3H3. The van der Waals surface area contributed by atoms with E-state index in [-0.39, 0.29) is 6.10 Å². The van der Waals surface area contributed by atoms with Crippen molar-refractivity contribution in [2.24, 2.45) is 0 Å². The summed E-state index contributed by atoms with van der Waals surface area (Å²) in [4.78, 5) is 5.52. The first kappa shape index (κ1) is 15.4. The summed E-state index contributed by atoms with van der Waals surface area (Å²) in [6.07, 6.45) is -0.000107. The highest BCUT2D eigenvalue weighted by atomic mass is 32.1. The summed E-state index contributed by atoms with van der Waals surface area (Å²) < 4.78 is 11.0. The van der Waals surface area contributed by atoms with Crippen molar-refractivity contribution in [3.63, 3.8) is 0 Å². The molecule has 2 aromatic heterocycles. The maximum atomic E-state index is 5.85. The molecule has 0 radical (unpaired) electrons. The molecule has 5 nitrogen and oxygen atoms in total. The third-order valence-electron chi connectivity index (χ3n) is 3.11. The van der Waals surface area contributed by atoms with Gasteiger partial charge in [0.1, 0.15) is 5.75 Å². The van der Waals surface area contributed by atoms with E-state index in [1.807, 2.05) is 55.6 Å². The molecule has 0 N–H and O–H groups in total. The van der Waals surface area contributed by atoms with Crippen LogP contribution in [0.15, 0.2) is 41.8 Å². The Bertz CT molecular complexity index is 771. The average Bonchev–Trinajstić information content (AvgIpc) is 3.09. The molecule has 0 bridgehead atoms. The summed E-state index contributed by atoms with van der Waals surface area (Å²) in [5.41, 5.74) is 1.51. The highest BCUT2D eigenvalue weighted by molar-refractivity contribution is 7.13. The minimum absolute atomic E-state index is 0.000107. The number of methoxy groups -OCH3 is 1. The number of thiophene rings is 1. The van der Waals surface area contributed by atoms with Crippen LogP contribution in [0.3, 0.4) is 0 Å². The van der Waals surface area contributed by atoms with E-state index in [4.69, 9.17) is 9.47 Å². The molecule has 3 rings (SSSR count). The molecule has 0 aliphatic rings. The number of hydrogen-bond donors (Lipinski definition) is 0. The molecule has 0 atom stereocenters. The Morgan fingerprint density at radius 2 is 1.83 bits per heavy atom. The predicted molar refractivity (Wildman–Crippen MR) is 90.9 cm³/mol. The summed E-state index contributed by atoms with van der Waals surface area (Å²) in [6.45, 7) is 3.93. The number of rotatable bonds is 5. The van der Waals surface area contributed by atoms with Crippen LogP contribution in [-0.2, 0) is 0 Å². The Hall–Kier alpha value is -2.47. The number of benzene rings is 1. The van der Waals surface area contributed by atoms with Crippen molar-refractivity contribution >= 4 is 11.3 Å². The van der Waals surface area contributed by atoms with Crippen LogP contribution in [0.1, 0.15) is 13.8 Å². The van der Waals surface area contributed by atoms with Crippen LogP contribution in [0.4, 0.5) is 0 Å². The highest BCUT2D eigenvalue weighted by Gasteiger charge is 2.15. The van der Waals surface area contributed by atoms with E-state index in [2.05, 4.69) is 15.2 Å². The van der Waals surface area contributed by atoms with E-state index < -0.39 is 0 Å². The molecule has 1 aromatic carbocycles. The molecule has 0 aliphatic carbocycles. The lowest BCUT2D eigenvalue weighted by Gasteiger charge is -2.13. The lowest BCUT2D eigenvalue weighted by Crippen LogP contribution is -2.10. The van der Waals surface area contributed by atoms with Crippen molar-refractivity contribution in [2.75, 3.05) is 7.11 Å². The van der Waals surface area contributed by atoms with E-state index in [9.17, 15) is 0 Å². The third-order valence-corrected chi connectivity index (χ3v) is 3.97. The number of hydrogen-bond acceptors (Lipinski definition) is 6. The number of aromatic nitrogens is 3. The molecule has 0 spiro atoms. The lowest BCUT2D eigenvalue weighted by molar-refractivity contribution is 0.232. The Morgan fingerprint density at radius 1 is 1.04 bits per heavy atom. The molecular weight excluding hydrogens is 310 g/mol. The minimum atomic E-state index is -0.000107. The van der Waals surface area contributed by atoms with Crippen LogP contribution >= 0.6 is 11.3 Å². The molecule has 118 valence electrons. The second kappa shape index (κ2) is 6.75. The fourth-order valence-electron chi connectivity index (χ4n) is 2.06. The van der Waals surface area contributed by atoms with Crippen molar-refractivity contribution in [2.45, 2.75) is 20.0 Å². The smallest absolute Gasteiger partial charge is 0.244 e. The summed E-state index contributed by atoms with van der Waals surface area (Å²) in [6, 6.07) is 11.5. The lowest BCUT2D eigenvalue weighted by atomic mass is 10.1. The van der Waals surface area contributed by atoms with Gasteiger partial charge in [-0.15, -0.1) is 21.5 Å². The summed E-state index contributed by atoms with van der Waals surface area (Å²) in [5, 5.41) is 10.6. The van der Waals surface area contributed by atoms with Gasteiger partial charge in [-0.05, 0) is 49.6 Å². The molecular formula is C17H17N3O2S. The van der Waals surface area contributed by atoms with Gasteiger partial charge in [0.05, 0.1) is 18.1 Å². The first-order chi connectivity index (χ1) is 11.2. The van der Waals surface area contributed by atoms with E-state index in [1.54, 1.807) is 18.4 Å². The maximum Gasteiger partial charge on any atom is 0.244 e. The molecule has 2 heterocycles. The largest absolute Gasteiger partial charge is 0.497 e. The second-order valence-electron chi connectivity index (χ2n) is 5.16. The van der Waals surface area contributed by atoms with Crippen molar-refractivity contribution < 1.29 is 9.47 Å². The normalized spacial score (nSPS) is 10.8. The van der Waals surface area contributed by atoms with Gasteiger partial charge in [0.15, 0.2) is 11.5 Å². The maximum absolute atomic E-state index is 5.85. The fourth-order valence-corrected chi connectivity index (χ4v) is 2.71. The summed E-state index contributed by atoms with van der Waals surface area (Å²) >= 11 is 1.57. The van der Waals surface area contributed by atoms with Crippen LogP contribution < -0.4 is 9.47 Å². The Kier molecular flexibility index (Phi) is 4.52. The molecule has 23 heavy (non-hydrogen) atoms. The molecule has 0 amide bonds. The van der Waals surface area contributed by atoms with E-state index in [0.717, 1.165) is 16.2 Å². The topological polar surface area (TPSA) is 57.1 Å². The van der Waals surface area contributed by atoms with Gasteiger partial charge in [-0.1, -0.05) is 6.07 Å². The zero-order valence-corrected chi connectivity index (χ0v) is 14.0. The molecule has 0 fully saturated rings. The van der Waals surface area contributed by atoms with E-state index >= 15 is 0 Å². The molecule has 6 heteroatoms. The first-order valence-corrected chi connectivity index (χ1v) is 8.15.